The number of fused-ring (bicyclic) bond motifs is 1. The Balaban J connectivity index is 0.000000716. The molecule has 7 N–H and O–H groups in total. The molecule has 5 aromatic rings. The molecule has 5 atom stereocenters. The number of benzene rings is 2. The minimum Gasteiger partial charge on any atom is -0.475 e. The fraction of sp³-hybridized carbons (Fsp3) is 0.390. The SMILES string of the molecule is O=C(NCc1ccccn1)N[C@@H]1CCN(c2nc(NCC(c3ccccc3)c3ccccc3)c3ncn([C@@H]4C[C@H](NC(=O)C5CC5)[C@@H](O)[C@H]4O)c3n2)C1.O=C(O)C(F)(F)F. The van der Waals surface area contributed by atoms with E-state index in [1.54, 1.807) is 17.1 Å². The van der Waals surface area contributed by atoms with Gasteiger partial charge in [0.25, 0.3) is 0 Å². The van der Waals surface area contributed by atoms with Crippen molar-refractivity contribution in [3.05, 3.63) is 108 Å². The van der Waals surface area contributed by atoms with Crippen LogP contribution in [0.15, 0.2) is 91.4 Å². The van der Waals surface area contributed by atoms with Gasteiger partial charge >= 0.3 is 18.2 Å². The van der Waals surface area contributed by atoms with Gasteiger partial charge in [-0.25, -0.2) is 14.6 Å². The van der Waals surface area contributed by atoms with Gasteiger partial charge < -0.3 is 46.1 Å². The van der Waals surface area contributed by atoms with Gasteiger partial charge in [-0.2, -0.15) is 23.1 Å². The molecule has 3 aliphatic rings. The number of rotatable bonds is 12. The number of amides is 3. The third-order valence-corrected chi connectivity index (χ3v) is 10.8. The highest BCUT2D eigenvalue weighted by molar-refractivity contribution is 5.85. The van der Waals surface area contributed by atoms with E-state index in [4.69, 9.17) is 24.9 Å². The Morgan fingerprint density at radius 3 is 2.13 bits per heavy atom. The zero-order chi connectivity index (χ0) is 42.4. The van der Waals surface area contributed by atoms with Gasteiger partial charge in [-0.05, 0) is 48.9 Å². The number of aliphatic hydroxyl groups is 2. The molecule has 19 heteroatoms. The molecule has 0 unspecified atom stereocenters. The quantitative estimate of drug-likeness (QED) is 0.0957. The number of imidazole rings is 1. The van der Waals surface area contributed by atoms with E-state index in [0.717, 1.165) is 29.7 Å². The number of aliphatic carboxylic acids is 1. The molecule has 0 radical (unpaired) electrons. The van der Waals surface area contributed by atoms with Gasteiger partial charge in [0, 0.05) is 43.7 Å². The number of carbonyl (C=O) groups excluding carboxylic acids is 2. The van der Waals surface area contributed by atoms with Crippen molar-refractivity contribution in [2.24, 2.45) is 5.92 Å². The molecule has 1 aliphatic heterocycles. The van der Waals surface area contributed by atoms with E-state index in [-0.39, 0.29) is 29.8 Å². The number of carboxylic acid groups (broad SMARTS) is 1. The van der Waals surface area contributed by atoms with E-state index < -0.39 is 36.4 Å². The fourth-order valence-electron chi connectivity index (χ4n) is 7.45. The van der Waals surface area contributed by atoms with Crippen LogP contribution < -0.4 is 26.2 Å². The highest BCUT2D eigenvalue weighted by Gasteiger charge is 2.45. The summed E-state index contributed by atoms with van der Waals surface area (Å²) in [6, 6.07) is 24.6. The van der Waals surface area contributed by atoms with Gasteiger partial charge in [-0.1, -0.05) is 66.7 Å². The van der Waals surface area contributed by atoms with Crippen LogP contribution in [0.2, 0.25) is 0 Å². The lowest BCUT2D eigenvalue weighted by Gasteiger charge is -2.22. The second-order valence-corrected chi connectivity index (χ2v) is 15.0. The van der Waals surface area contributed by atoms with Gasteiger partial charge in [0.1, 0.15) is 12.2 Å². The molecule has 8 rings (SSSR count). The maximum Gasteiger partial charge on any atom is 0.490 e. The number of anilines is 2. The predicted octanol–water partition coefficient (Wildman–Crippen LogP) is 3.74. The van der Waals surface area contributed by atoms with Gasteiger partial charge in [0.05, 0.1) is 30.6 Å². The van der Waals surface area contributed by atoms with E-state index >= 15 is 0 Å². The number of nitrogens with one attached hydrogen (secondary N) is 4. The Kier molecular flexibility index (Phi) is 12.7. The molecule has 60 heavy (non-hydrogen) atoms. The smallest absolute Gasteiger partial charge is 0.475 e. The minimum absolute atomic E-state index is 0.0144. The third-order valence-electron chi connectivity index (χ3n) is 10.8. The summed E-state index contributed by atoms with van der Waals surface area (Å²) in [7, 11) is 0. The average molecular weight is 831 g/mol. The van der Waals surface area contributed by atoms with Crippen LogP contribution in [0.25, 0.3) is 11.2 Å². The van der Waals surface area contributed by atoms with Crippen molar-refractivity contribution in [3.63, 3.8) is 0 Å². The molecule has 1 saturated heterocycles. The number of carboxylic acids is 1. The van der Waals surface area contributed by atoms with Crippen molar-refractivity contribution in [1.82, 2.24) is 40.5 Å². The van der Waals surface area contributed by atoms with E-state index in [0.29, 0.717) is 62.0 Å². The Bertz CT molecular complexity index is 2210. The molecule has 0 spiro atoms. The fourth-order valence-corrected chi connectivity index (χ4v) is 7.45. The van der Waals surface area contributed by atoms with Crippen LogP contribution in [-0.4, -0.2) is 108 Å². The standard InChI is InChI=1S/C39H44N10O4.C2HF3O2/c50-33-30(45-37(52)26-14-15-26)19-31(34(33)51)49-23-43-32-35(41-21-29(24-9-3-1-4-10-24)25-11-5-2-6-12-25)46-38(47-36(32)49)48-18-16-28(22-48)44-39(53)42-20-27-13-7-8-17-40-27;3-2(4,5)1(6)7/h1-13,17,23,26,28-31,33-34,50-51H,14-16,18-22H2,(H,45,52)(H,41,46,47)(H2,42,44,53);(H,6,7)/t28-,30+,31-,33-,34+;/m1./s1. The summed E-state index contributed by atoms with van der Waals surface area (Å²) in [5.41, 5.74) is 4.11. The number of aromatic nitrogens is 5. The number of alkyl halides is 3. The molecule has 2 aromatic carbocycles. The number of hydrogen-bond donors (Lipinski definition) is 7. The molecule has 316 valence electrons. The van der Waals surface area contributed by atoms with Crippen molar-refractivity contribution in [2.45, 2.75) is 74.7 Å². The zero-order valence-electron chi connectivity index (χ0n) is 32.2. The second-order valence-electron chi connectivity index (χ2n) is 15.0. The molecule has 2 aliphatic carbocycles. The van der Waals surface area contributed by atoms with E-state index in [1.165, 1.54) is 0 Å². The minimum atomic E-state index is -5.08. The van der Waals surface area contributed by atoms with Crippen LogP contribution >= 0.6 is 0 Å². The van der Waals surface area contributed by atoms with Crippen LogP contribution in [0.4, 0.5) is 29.7 Å². The molecule has 3 aromatic heterocycles. The number of urea groups is 1. The first-order chi connectivity index (χ1) is 28.9. The topological polar surface area (TPSA) is 220 Å². The number of pyridine rings is 1. The lowest BCUT2D eigenvalue weighted by atomic mass is 9.91. The van der Waals surface area contributed by atoms with Crippen molar-refractivity contribution in [2.75, 3.05) is 29.9 Å². The first-order valence-corrected chi connectivity index (χ1v) is 19.6. The van der Waals surface area contributed by atoms with Crippen LogP contribution in [0.3, 0.4) is 0 Å². The second kappa shape index (κ2) is 18.3. The maximum atomic E-state index is 12.8. The lowest BCUT2D eigenvalue weighted by Crippen LogP contribution is -2.43. The van der Waals surface area contributed by atoms with E-state index in [1.807, 2.05) is 59.5 Å². The summed E-state index contributed by atoms with van der Waals surface area (Å²) in [6.07, 6.45) is -1.32. The summed E-state index contributed by atoms with van der Waals surface area (Å²) in [5.74, 6) is -1.84. The number of carbonyl (C=O) groups is 3. The van der Waals surface area contributed by atoms with Gasteiger partial charge in [-0.3, -0.25) is 9.78 Å². The number of aliphatic hydroxyl groups excluding tert-OH is 2. The largest absolute Gasteiger partial charge is 0.490 e. The van der Waals surface area contributed by atoms with Gasteiger partial charge in [0.15, 0.2) is 17.0 Å². The van der Waals surface area contributed by atoms with Gasteiger partial charge in [-0.15, -0.1) is 0 Å². The van der Waals surface area contributed by atoms with Crippen molar-refractivity contribution in [3.8, 4) is 0 Å². The number of nitrogens with zero attached hydrogens (tertiary/aromatic N) is 6. The van der Waals surface area contributed by atoms with Crippen LogP contribution in [0, 0.1) is 5.92 Å². The Morgan fingerprint density at radius 2 is 1.52 bits per heavy atom. The highest BCUT2D eigenvalue weighted by Crippen LogP contribution is 2.37. The summed E-state index contributed by atoms with van der Waals surface area (Å²) in [6.45, 7) is 1.95. The average Bonchev–Trinajstić information content (AvgIpc) is 3.76. The van der Waals surface area contributed by atoms with Crippen LogP contribution in [0.1, 0.15) is 54.5 Å². The molecular weight excluding hydrogens is 786 g/mol. The number of halogens is 3. The normalized spacial score (nSPS) is 21.3. The Hall–Kier alpha value is -6.34. The third kappa shape index (κ3) is 10.1. The molecule has 3 amide bonds. The summed E-state index contributed by atoms with van der Waals surface area (Å²) >= 11 is 0. The van der Waals surface area contributed by atoms with Crippen LogP contribution in [-0.2, 0) is 16.1 Å². The first-order valence-electron chi connectivity index (χ1n) is 19.6. The van der Waals surface area contributed by atoms with Crippen LogP contribution in [0.5, 0.6) is 0 Å². The summed E-state index contributed by atoms with van der Waals surface area (Å²) in [4.78, 5) is 55.3. The lowest BCUT2D eigenvalue weighted by molar-refractivity contribution is -0.192. The van der Waals surface area contributed by atoms with Crippen molar-refractivity contribution in [1.29, 1.82) is 0 Å². The molecule has 0 bridgehead atoms. The maximum absolute atomic E-state index is 12.8. The zero-order valence-corrected chi connectivity index (χ0v) is 32.2. The summed E-state index contributed by atoms with van der Waals surface area (Å²) in [5, 5.41) is 41.9. The molecule has 16 nitrogen and oxygen atoms in total. The highest BCUT2D eigenvalue weighted by atomic mass is 19.4. The predicted molar refractivity (Wildman–Crippen MR) is 213 cm³/mol. The van der Waals surface area contributed by atoms with Crippen molar-refractivity contribution < 1.29 is 42.9 Å². The van der Waals surface area contributed by atoms with Crippen molar-refractivity contribution >= 4 is 40.8 Å². The first kappa shape index (κ1) is 41.8. The molecule has 4 heterocycles. The Labute approximate surface area is 342 Å². The molecule has 3 fully saturated rings. The monoisotopic (exact) mass is 830 g/mol. The molecule has 2 saturated carbocycles. The van der Waals surface area contributed by atoms with Gasteiger partial charge in [0.2, 0.25) is 11.9 Å². The van der Waals surface area contributed by atoms with E-state index in [9.17, 15) is 33.0 Å². The van der Waals surface area contributed by atoms with E-state index in [2.05, 4.69) is 50.5 Å². The molecular formula is C41H45F3N10O6. The number of hydrogen-bond acceptors (Lipinski definition) is 11. The summed E-state index contributed by atoms with van der Waals surface area (Å²) < 4.78 is 33.5. The Morgan fingerprint density at radius 1 is 0.850 bits per heavy atom.